The number of hydrogen-bond acceptors (Lipinski definition) is 1. The number of aromatic nitrogens is 2. The molecule has 0 aliphatic heterocycles. The molecule has 11 aromatic rings. The summed E-state index contributed by atoms with van der Waals surface area (Å²) in [6.07, 6.45) is 0. The van der Waals surface area contributed by atoms with Crippen LogP contribution >= 0.6 is 11.3 Å². The maximum atomic E-state index is 2.47. The molecule has 3 heterocycles. The van der Waals surface area contributed by atoms with Gasteiger partial charge in [0.15, 0.2) is 0 Å². The van der Waals surface area contributed by atoms with E-state index in [1.54, 1.807) is 0 Å². The number of hydrogen-bond donors (Lipinski definition) is 0. The minimum atomic E-state index is 1.15. The summed E-state index contributed by atoms with van der Waals surface area (Å²) in [7, 11) is 0. The van der Waals surface area contributed by atoms with Crippen molar-refractivity contribution >= 4 is 75.1 Å². The standard InChI is InChI=1S/C48H30N2S/c1-3-12-31(13-4-1)33-24-27-38-42-30-45-41(37-16-7-9-20-43(37)49(45)34-14-5-2-6-15-34)29-46(42)50(44(38)28-33)35-25-22-32(23-26-35)36-18-11-19-40-39-17-8-10-21-47(39)51-48(36)40/h1-30H. The molecular formula is C48H30N2S. The summed E-state index contributed by atoms with van der Waals surface area (Å²) in [5, 5.41) is 7.66. The fourth-order valence-electron chi connectivity index (χ4n) is 8.19. The van der Waals surface area contributed by atoms with Crippen molar-refractivity contribution in [1.29, 1.82) is 0 Å². The average molecular weight is 667 g/mol. The Kier molecular flexibility index (Phi) is 6.16. The lowest BCUT2D eigenvalue weighted by atomic mass is 10.0. The molecule has 51 heavy (non-hydrogen) atoms. The average Bonchev–Trinajstić information content (AvgIpc) is 3.85. The summed E-state index contributed by atoms with van der Waals surface area (Å²) in [6, 6.07) is 66.6. The second-order valence-corrected chi connectivity index (χ2v) is 14.4. The van der Waals surface area contributed by atoms with Crippen molar-refractivity contribution < 1.29 is 0 Å². The smallest absolute Gasteiger partial charge is 0.0548 e. The summed E-state index contributed by atoms with van der Waals surface area (Å²) in [5.74, 6) is 0. The molecule has 0 fully saturated rings. The highest BCUT2D eigenvalue weighted by Gasteiger charge is 2.19. The zero-order valence-corrected chi connectivity index (χ0v) is 28.4. The lowest BCUT2D eigenvalue weighted by molar-refractivity contribution is 1.17. The Hall–Kier alpha value is -6.42. The first kappa shape index (κ1) is 28.4. The van der Waals surface area contributed by atoms with Gasteiger partial charge in [0.25, 0.3) is 0 Å². The van der Waals surface area contributed by atoms with Crippen molar-refractivity contribution in [3.05, 3.63) is 182 Å². The van der Waals surface area contributed by atoms with Gasteiger partial charge in [-0.3, -0.25) is 0 Å². The van der Waals surface area contributed by atoms with Crippen LogP contribution in [0.2, 0.25) is 0 Å². The van der Waals surface area contributed by atoms with E-state index in [1.165, 1.54) is 91.7 Å². The molecule has 3 aromatic heterocycles. The van der Waals surface area contributed by atoms with Crippen LogP contribution in [-0.4, -0.2) is 9.13 Å². The highest BCUT2D eigenvalue weighted by atomic mass is 32.1. The highest BCUT2D eigenvalue weighted by Crippen LogP contribution is 2.42. The second-order valence-electron chi connectivity index (χ2n) is 13.3. The maximum Gasteiger partial charge on any atom is 0.0548 e. The largest absolute Gasteiger partial charge is 0.309 e. The molecule has 11 rings (SSSR count). The van der Waals surface area contributed by atoms with Gasteiger partial charge >= 0.3 is 0 Å². The van der Waals surface area contributed by atoms with Crippen molar-refractivity contribution in [3.8, 4) is 33.6 Å². The lowest BCUT2D eigenvalue weighted by Gasteiger charge is -2.11. The van der Waals surface area contributed by atoms with Crippen LogP contribution in [0.5, 0.6) is 0 Å². The third kappa shape index (κ3) is 4.29. The number of para-hydroxylation sites is 2. The third-order valence-corrected chi connectivity index (χ3v) is 11.7. The van der Waals surface area contributed by atoms with Crippen molar-refractivity contribution in [2.75, 3.05) is 0 Å². The van der Waals surface area contributed by atoms with Crippen molar-refractivity contribution in [1.82, 2.24) is 9.13 Å². The number of benzene rings is 8. The summed E-state index contributed by atoms with van der Waals surface area (Å²) in [5.41, 5.74) is 12.1. The molecule has 0 aliphatic rings. The third-order valence-electron chi connectivity index (χ3n) is 10.5. The van der Waals surface area contributed by atoms with E-state index >= 15 is 0 Å². The van der Waals surface area contributed by atoms with E-state index in [1.807, 2.05) is 11.3 Å². The Labute approximate surface area is 298 Å². The monoisotopic (exact) mass is 666 g/mol. The van der Waals surface area contributed by atoms with E-state index in [4.69, 9.17) is 0 Å². The fourth-order valence-corrected chi connectivity index (χ4v) is 9.43. The molecule has 0 unspecified atom stereocenters. The molecule has 238 valence electrons. The molecule has 8 aromatic carbocycles. The molecule has 0 saturated carbocycles. The van der Waals surface area contributed by atoms with Crippen LogP contribution in [0.3, 0.4) is 0 Å². The van der Waals surface area contributed by atoms with Crippen LogP contribution in [0.25, 0.3) is 97.4 Å². The van der Waals surface area contributed by atoms with Gasteiger partial charge in [-0.1, -0.05) is 127 Å². The quantitative estimate of drug-likeness (QED) is 0.177. The number of fused-ring (bicyclic) bond motifs is 9. The zero-order valence-electron chi connectivity index (χ0n) is 27.6. The maximum absolute atomic E-state index is 2.47. The van der Waals surface area contributed by atoms with Gasteiger partial charge in [-0.05, 0) is 76.9 Å². The summed E-state index contributed by atoms with van der Waals surface area (Å²) >= 11 is 1.88. The van der Waals surface area contributed by atoms with Crippen LogP contribution in [0.4, 0.5) is 0 Å². The first-order chi connectivity index (χ1) is 25.3. The van der Waals surface area contributed by atoms with Gasteiger partial charge < -0.3 is 9.13 Å². The molecule has 0 bridgehead atoms. The van der Waals surface area contributed by atoms with Crippen molar-refractivity contribution in [2.24, 2.45) is 0 Å². The molecule has 0 atom stereocenters. The predicted molar refractivity (Wildman–Crippen MR) is 219 cm³/mol. The van der Waals surface area contributed by atoms with E-state index < -0.39 is 0 Å². The van der Waals surface area contributed by atoms with Gasteiger partial charge in [0.2, 0.25) is 0 Å². The summed E-state index contributed by atoms with van der Waals surface area (Å²) < 4.78 is 7.55. The van der Waals surface area contributed by atoms with E-state index in [-0.39, 0.29) is 0 Å². The van der Waals surface area contributed by atoms with Gasteiger partial charge in [0, 0.05) is 53.1 Å². The highest BCUT2D eigenvalue weighted by molar-refractivity contribution is 7.26. The molecule has 2 nitrogen and oxygen atoms in total. The molecule has 0 spiro atoms. The van der Waals surface area contributed by atoms with E-state index in [9.17, 15) is 0 Å². The normalized spacial score (nSPS) is 11.9. The SMILES string of the molecule is c1ccc(-c2ccc3c4cc5c(cc4n(-c4ccc(-c6cccc7c6sc6ccccc67)cc4)c3c2)c2ccccc2n5-c2ccccc2)cc1. The van der Waals surface area contributed by atoms with E-state index in [0.717, 1.165) is 5.69 Å². The minimum Gasteiger partial charge on any atom is -0.309 e. The van der Waals surface area contributed by atoms with Gasteiger partial charge in [0.05, 0.1) is 22.1 Å². The summed E-state index contributed by atoms with van der Waals surface area (Å²) in [4.78, 5) is 0. The van der Waals surface area contributed by atoms with Crippen LogP contribution in [-0.2, 0) is 0 Å². The fraction of sp³-hybridized carbons (Fsp3) is 0. The Morgan fingerprint density at radius 1 is 0.314 bits per heavy atom. The second kappa shape index (κ2) is 11.0. The lowest BCUT2D eigenvalue weighted by Crippen LogP contribution is -1.95. The molecule has 0 saturated heterocycles. The first-order valence-electron chi connectivity index (χ1n) is 17.4. The van der Waals surface area contributed by atoms with Crippen molar-refractivity contribution in [3.63, 3.8) is 0 Å². The molecular weight excluding hydrogens is 637 g/mol. The number of thiophene rings is 1. The van der Waals surface area contributed by atoms with Gasteiger partial charge in [0.1, 0.15) is 0 Å². The Balaban J connectivity index is 1.17. The molecule has 0 amide bonds. The predicted octanol–water partition coefficient (Wildman–Crippen LogP) is 13.6. The van der Waals surface area contributed by atoms with E-state index in [0.29, 0.717) is 0 Å². The Morgan fingerprint density at radius 3 is 1.67 bits per heavy atom. The van der Waals surface area contributed by atoms with Gasteiger partial charge in [-0.15, -0.1) is 11.3 Å². The molecule has 0 aliphatic carbocycles. The molecule has 3 heteroatoms. The Morgan fingerprint density at radius 2 is 0.882 bits per heavy atom. The zero-order chi connectivity index (χ0) is 33.5. The molecule has 0 radical (unpaired) electrons. The molecule has 0 N–H and O–H groups in total. The van der Waals surface area contributed by atoms with Crippen LogP contribution < -0.4 is 0 Å². The first-order valence-corrected chi connectivity index (χ1v) is 18.3. The topological polar surface area (TPSA) is 9.86 Å². The van der Waals surface area contributed by atoms with Crippen LogP contribution in [0, 0.1) is 0 Å². The minimum absolute atomic E-state index is 1.15. The van der Waals surface area contributed by atoms with Crippen LogP contribution in [0.15, 0.2) is 182 Å². The van der Waals surface area contributed by atoms with Gasteiger partial charge in [-0.2, -0.15) is 0 Å². The van der Waals surface area contributed by atoms with Crippen molar-refractivity contribution in [2.45, 2.75) is 0 Å². The van der Waals surface area contributed by atoms with Gasteiger partial charge in [-0.25, -0.2) is 0 Å². The van der Waals surface area contributed by atoms with E-state index in [2.05, 4.69) is 191 Å². The Bertz CT molecular complexity index is 3110. The number of nitrogens with zero attached hydrogens (tertiary/aromatic N) is 2. The number of rotatable bonds is 4. The summed E-state index contributed by atoms with van der Waals surface area (Å²) in [6.45, 7) is 0. The van der Waals surface area contributed by atoms with Crippen LogP contribution in [0.1, 0.15) is 0 Å².